The van der Waals surface area contributed by atoms with Gasteiger partial charge < -0.3 is 25.2 Å². The van der Waals surface area contributed by atoms with Crippen molar-refractivity contribution in [2.24, 2.45) is 0 Å². The van der Waals surface area contributed by atoms with Gasteiger partial charge in [-0.25, -0.2) is 0 Å². The van der Waals surface area contributed by atoms with E-state index in [1.165, 1.54) is 13.0 Å². The molecule has 32 heavy (non-hydrogen) atoms. The number of phenolic OH excluding ortho intramolecular Hbond substituents is 2. The van der Waals surface area contributed by atoms with Gasteiger partial charge in [0.2, 0.25) is 5.91 Å². The molecule has 0 aliphatic carbocycles. The number of rotatable bonds is 5. The summed E-state index contributed by atoms with van der Waals surface area (Å²) in [5.41, 5.74) is 3.49. The van der Waals surface area contributed by atoms with Gasteiger partial charge in [0.25, 0.3) is 5.91 Å². The van der Waals surface area contributed by atoms with Crippen LogP contribution in [0.15, 0.2) is 60.7 Å². The zero-order valence-electron chi connectivity index (χ0n) is 17.7. The molecule has 1 aliphatic heterocycles. The standard InChI is InChI=1S/C25H24N2O5/c1-16(28)26-21-9-5-8-18-10-11-27(14-20(18)21)25(31)24-22(30)12-19(29)13-23(24)32-15-17-6-3-2-4-7-17/h2-9,12-13,29-30H,10-11,14-15H2,1H3,(H,26,28). The van der Waals surface area contributed by atoms with Crippen molar-refractivity contribution < 1.29 is 24.5 Å². The highest BCUT2D eigenvalue weighted by Gasteiger charge is 2.28. The molecule has 0 bridgehead atoms. The highest BCUT2D eigenvalue weighted by molar-refractivity contribution is 6.00. The lowest BCUT2D eigenvalue weighted by molar-refractivity contribution is -0.114. The van der Waals surface area contributed by atoms with Gasteiger partial charge >= 0.3 is 0 Å². The molecule has 0 aromatic heterocycles. The Morgan fingerprint density at radius 2 is 1.84 bits per heavy atom. The van der Waals surface area contributed by atoms with Gasteiger partial charge in [-0.15, -0.1) is 0 Å². The van der Waals surface area contributed by atoms with Crippen LogP contribution in [0, 0.1) is 0 Å². The highest BCUT2D eigenvalue weighted by Crippen LogP contribution is 2.36. The fourth-order valence-corrected chi connectivity index (χ4v) is 3.87. The summed E-state index contributed by atoms with van der Waals surface area (Å²) in [4.78, 5) is 26.6. The average Bonchev–Trinajstić information content (AvgIpc) is 2.77. The molecule has 3 aromatic rings. The number of ether oxygens (including phenoxy) is 1. The number of hydrogen-bond donors (Lipinski definition) is 3. The molecule has 0 atom stereocenters. The average molecular weight is 432 g/mol. The first kappa shape index (κ1) is 21.2. The minimum Gasteiger partial charge on any atom is -0.508 e. The first-order chi connectivity index (χ1) is 15.4. The molecule has 3 aromatic carbocycles. The Morgan fingerprint density at radius 3 is 2.59 bits per heavy atom. The van der Waals surface area contributed by atoms with E-state index in [1.807, 2.05) is 42.5 Å². The monoisotopic (exact) mass is 432 g/mol. The highest BCUT2D eigenvalue weighted by atomic mass is 16.5. The van der Waals surface area contributed by atoms with Gasteiger partial charge in [-0.1, -0.05) is 42.5 Å². The summed E-state index contributed by atoms with van der Waals surface area (Å²) in [6, 6.07) is 17.5. The van der Waals surface area contributed by atoms with Crippen LogP contribution in [0.2, 0.25) is 0 Å². The summed E-state index contributed by atoms with van der Waals surface area (Å²) in [7, 11) is 0. The molecule has 7 nitrogen and oxygen atoms in total. The smallest absolute Gasteiger partial charge is 0.261 e. The minimum atomic E-state index is -0.408. The van der Waals surface area contributed by atoms with Crippen LogP contribution in [0.3, 0.4) is 0 Å². The number of fused-ring (bicyclic) bond motifs is 1. The van der Waals surface area contributed by atoms with Crippen LogP contribution in [-0.4, -0.2) is 33.5 Å². The Kier molecular flexibility index (Phi) is 5.98. The van der Waals surface area contributed by atoms with Crippen LogP contribution >= 0.6 is 0 Å². The van der Waals surface area contributed by atoms with Gasteiger partial charge in [0.1, 0.15) is 29.4 Å². The number of benzene rings is 3. The fourth-order valence-electron chi connectivity index (χ4n) is 3.87. The van der Waals surface area contributed by atoms with E-state index in [9.17, 15) is 19.8 Å². The minimum absolute atomic E-state index is 0.000751. The molecule has 0 spiro atoms. The molecule has 0 saturated heterocycles. The molecule has 1 heterocycles. The molecule has 0 saturated carbocycles. The zero-order valence-corrected chi connectivity index (χ0v) is 17.7. The van der Waals surface area contributed by atoms with E-state index in [0.717, 1.165) is 22.8 Å². The predicted octanol–water partition coefficient (Wildman–Crippen LogP) is 3.83. The molecular weight excluding hydrogens is 408 g/mol. The topological polar surface area (TPSA) is 99.1 Å². The van der Waals surface area contributed by atoms with Crippen LogP contribution in [0.25, 0.3) is 0 Å². The second kappa shape index (κ2) is 9.01. The number of carbonyl (C=O) groups excluding carboxylic acids is 2. The third-order valence-electron chi connectivity index (χ3n) is 5.39. The van der Waals surface area contributed by atoms with E-state index in [4.69, 9.17) is 4.74 Å². The summed E-state index contributed by atoms with van der Waals surface area (Å²) in [5.74, 6) is -1.03. The number of anilines is 1. The maximum atomic E-state index is 13.4. The third kappa shape index (κ3) is 4.51. The second-order valence-corrected chi connectivity index (χ2v) is 7.71. The van der Waals surface area contributed by atoms with Gasteiger partial charge in [0.15, 0.2) is 0 Å². The molecule has 0 unspecified atom stereocenters. The molecule has 3 N–H and O–H groups in total. The number of phenols is 2. The molecule has 2 amide bonds. The van der Waals surface area contributed by atoms with Crippen LogP contribution in [0.5, 0.6) is 17.2 Å². The fraction of sp³-hybridized carbons (Fsp3) is 0.200. The van der Waals surface area contributed by atoms with Crippen molar-refractivity contribution in [2.45, 2.75) is 26.5 Å². The molecule has 164 valence electrons. The van der Waals surface area contributed by atoms with Gasteiger partial charge in [0.05, 0.1) is 0 Å². The number of aromatic hydroxyl groups is 2. The Morgan fingerprint density at radius 1 is 1.06 bits per heavy atom. The molecular formula is C25H24N2O5. The SMILES string of the molecule is CC(=O)Nc1cccc2c1CN(C(=O)c1c(O)cc(O)cc1OCc1ccccc1)CC2. The summed E-state index contributed by atoms with van der Waals surface area (Å²) in [6.45, 7) is 2.35. The molecule has 7 heteroatoms. The molecule has 4 rings (SSSR count). The summed E-state index contributed by atoms with van der Waals surface area (Å²) in [6.07, 6.45) is 0.619. The van der Waals surface area contributed by atoms with Gasteiger partial charge in [-0.2, -0.15) is 0 Å². The lowest BCUT2D eigenvalue weighted by Crippen LogP contribution is -2.36. The van der Waals surface area contributed by atoms with Crippen molar-refractivity contribution in [3.8, 4) is 17.2 Å². The number of amides is 2. The Hall–Kier alpha value is -4.00. The van der Waals surface area contributed by atoms with Crippen molar-refractivity contribution in [3.05, 3.63) is 82.9 Å². The molecule has 0 radical (unpaired) electrons. The van der Waals surface area contributed by atoms with Crippen molar-refractivity contribution in [3.63, 3.8) is 0 Å². The first-order valence-corrected chi connectivity index (χ1v) is 10.3. The van der Waals surface area contributed by atoms with E-state index >= 15 is 0 Å². The number of nitrogens with one attached hydrogen (secondary N) is 1. The van der Waals surface area contributed by atoms with E-state index in [1.54, 1.807) is 11.0 Å². The second-order valence-electron chi connectivity index (χ2n) is 7.71. The first-order valence-electron chi connectivity index (χ1n) is 10.3. The van der Waals surface area contributed by atoms with Crippen LogP contribution in [0.4, 0.5) is 5.69 Å². The van der Waals surface area contributed by atoms with Crippen molar-refractivity contribution in [2.75, 3.05) is 11.9 Å². The van der Waals surface area contributed by atoms with Crippen molar-refractivity contribution in [1.29, 1.82) is 0 Å². The number of nitrogens with zero attached hydrogens (tertiary/aromatic N) is 1. The quantitative estimate of drug-likeness (QED) is 0.569. The van der Waals surface area contributed by atoms with E-state index in [0.29, 0.717) is 18.7 Å². The zero-order chi connectivity index (χ0) is 22.7. The Labute approximate surface area is 185 Å². The lowest BCUT2D eigenvalue weighted by atomic mass is 9.97. The van der Waals surface area contributed by atoms with E-state index in [2.05, 4.69) is 5.32 Å². The predicted molar refractivity (Wildman–Crippen MR) is 120 cm³/mol. The molecule has 1 aliphatic rings. The van der Waals surface area contributed by atoms with Gasteiger partial charge in [0, 0.05) is 37.8 Å². The maximum Gasteiger partial charge on any atom is 0.261 e. The van der Waals surface area contributed by atoms with Crippen molar-refractivity contribution in [1.82, 2.24) is 4.90 Å². The van der Waals surface area contributed by atoms with E-state index in [-0.39, 0.29) is 41.9 Å². The van der Waals surface area contributed by atoms with Crippen LogP contribution < -0.4 is 10.1 Å². The lowest BCUT2D eigenvalue weighted by Gasteiger charge is -2.31. The normalized spacial score (nSPS) is 12.7. The van der Waals surface area contributed by atoms with Crippen molar-refractivity contribution >= 4 is 17.5 Å². The number of carbonyl (C=O) groups is 2. The number of hydrogen-bond acceptors (Lipinski definition) is 5. The summed E-state index contributed by atoms with van der Waals surface area (Å²) < 4.78 is 5.82. The Bertz CT molecular complexity index is 1160. The summed E-state index contributed by atoms with van der Waals surface area (Å²) >= 11 is 0. The molecule has 0 fully saturated rings. The summed E-state index contributed by atoms with van der Waals surface area (Å²) in [5, 5.41) is 23.3. The third-order valence-corrected chi connectivity index (χ3v) is 5.39. The van der Waals surface area contributed by atoms with Crippen LogP contribution in [0.1, 0.15) is 34.0 Å². The van der Waals surface area contributed by atoms with E-state index < -0.39 is 5.91 Å². The van der Waals surface area contributed by atoms with Crippen LogP contribution in [-0.2, 0) is 24.4 Å². The maximum absolute atomic E-state index is 13.4. The Balaban J connectivity index is 1.62. The van der Waals surface area contributed by atoms with Gasteiger partial charge in [-0.05, 0) is 29.2 Å². The largest absolute Gasteiger partial charge is 0.508 e. The van der Waals surface area contributed by atoms with Gasteiger partial charge in [-0.3, -0.25) is 9.59 Å².